The molecular weight excluding hydrogens is 456 g/mol. The molecule has 0 heteroatoms. The first-order chi connectivity index (χ1) is 0. The zero-order valence-corrected chi connectivity index (χ0v) is 0. The third kappa shape index (κ3) is 0. The Morgan fingerprint density at radius 1 is 0.0263 bits per heavy atom. The lowest BCUT2D eigenvalue weighted by Crippen LogP contribution is 0.143. The fourth-order valence-electron chi connectivity index (χ4n) is 0. The van der Waals surface area contributed by atoms with Gasteiger partial charge < -0.3 is 0 Å². The van der Waals surface area contributed by atoms with Crippen molar-refractivity contribution < 1.29 is 0 Å². The fraction of sp³-hybridized carbons (Fsp3) is 1.00. The lowest BCUT2D eigenvalue weighted by atomic mass is 12.0. The van der Waals surface area contributed by atoms with Crippen molar-refractivity contribution in [3.8, 4) is 0 Å². The van der Waals surface area contributed by atoms with E-state index in [1.165, 1.54) is 0 Å². The number of hydrogen-bond donors (Lipinski definition) is 0. The third-order valence-corrected chi connectivity index (χ3v) is 0. The molecule has 0 aromatic heterocycles. The molecule has 0 unspecified atom stereocenters. The van der Waals surface area contributed by atoms with E-state index in [0.717, 1.165) is 0 Å². The Morgan fingerprint density at radius 3 is 0.0263 bits per heavy atom. The molecule has 0 bridgehead atoms. The van der Waals surface area contributed by atoms with Crippen LogP contribution in [-0.4, -0.2) is 0 Å². The highest BCUT2D eigenvalue weighted by Crippen LogP contribution is 0.181. The second kappa shape index (κ2) is 0. The van der Waals surface area contributed by atoms with E-state index >= 15 is 0 Å². The molecule has 304 valence electrons. The van der Waals surface area contributed by atoms with Crippen molar-refractivity contribution >= 4 is 0 Å². The van der Waals surface area contributed by atoms with Gasteiger partial charge in [0.15, 0.2) is 0 Å². The van der Waals surface area contributed by atoms with E-state index in [1.807, 2.05) is 0 Å². The SMILES string of the molecule is C.C.C.C.C.C.C.C.C.C.C.C.C.C.C.C.C.C.C.C.C.C.C.C.C.C.C.C.C.C.C.C.C.C.C.C.C.C. The lowest BCUT2D eigenvalue weighted by molar-refractivity contribution is 2.50. The number of rotatable bonds is 0. The second-order valence-corrected chi connectivity index (χ2v) is 0. The van der Waals surface area contributed by atoms with E-state index in [0.29, 0.717) is 0 Å². The third-order valence-electron chi connectivity index (χ3n) is 0. The zero-order chi connectivity index (χ0) is 0. The van der Waals surface area contributed by atoms with Gasteiger partial charge in [-0.3, -0.25) is 0 Å². The van der Waals surface area contributed by atoms with E-state index in [1.54, 1.807) is 0 Å². The van der Waals surface area contributed by atoms with Crippen LogP contribution in [0.4, 0.5) is 0 Å². The minimum Gasteiger partial charge on any atom is -0.0776 e. The maximum absolute atomic E-state index is 0. The van der Waals surface area contributed by atoms with Gasteiger partial charge in [-0.1, -0.05) is 282 Å². The highest BCUT2D eigenvalue weighted by molar-refractivity contribution is 2.54. The molecule has 0 fully saturated rings. The van der Waals surface area contributed by atoms with E-state index < -0.39 is 0 Å². The molecule has 0 rings (SSSR count). The Hall–Kier alpha value is 0. The van der Waals surface area contributed by atoms with Gasteiger partial charge in [-0.05, 0) is 0 Å². The molecule has 0 aliphatic rings. The maximum Gasteiger partial charge on any atom is -0.0776 e. The van der Waals surface area contributed by atoms with Crippen LogP contribution < -0.4 is 0 Å². The van der Waals surface area contributed by atoms with Crippen LogP contribution in [0.3, 0.4) is 0 Å². The minimum absolute atomic E-state index is 0. The summed E-state index contributed by atoms with van der Waals surface area (Å²) in [5.74, 6) is 0. The summed E-state index contributed by atoms with van der Waals surface area (Å²) in [5, 5.41) is 0. The summed E-state index contributed by atoms with van der Waals surface area (Å²) in [6.07, 6.45) is 0. The number of hydrogen-bond acceptors (Lipinski definition) is 0. The van der Waals surface area contributed by atoms with E-state index in [4.69, 9.17) is 0 Å². The normalized spacial score (nSPS) is 0. The van der Waals surface area contributed by atoms with Gasteiger partial charge in [-0.2, -0.15) is 0 Å². The lowest BCUT2D eigenvalue weighted by Gasteiger charge is -0.0786. The smallest absolute Gasteiger partial charge is 0.0776 e. The van der Waals surface area contributed by atoms with Crippen LogP contribution in [-0.2, 0) is 0 Å². The predicted octanol–water partition coefficient (Wildman–Crippen LogP) is 24.2. The summed E-state index contributed by atoms with van der Waals surface area (Å²) >= 11 is 0. The molecule has 0 saturated carbocycles. The summed E-state index contributed by atoms with van der Waals surface area (Å²) in [5.41, 5.74) is 0. The summed E-state index contributed by atoms with van der Waals surface area (Å²) in [6, 6.07) is 0. The average Bonchev–Trinajstić information content (AvgIpc) is 0. The van der Waals surface area contributed by atoms with Gasteiger partial charge in [0.25, 0.3) is 0 Å². The molecule has 0 heterocycles. The molecule has 0 amide bonds. The summed E-state index contributed by atoms with van der Waals surface area (Å²) in [7, 11) is 0. The van der Waals surface area contributed by atoms with Crippen LogP contribution in [0.25, 0.3) is 0 Å². The highest BCUT2D eigenvalue weighted by Gasteiger charge is -0.0406. The first kappa shape index (κ1) is 0. The Balaban J connectivity index is 0. The first-order valence-corrected chi connectivity index (χ1v) is 0. The van der Waals surface area contributed by atoms with Crippen LogP contribution >= 0.6 is 0 Å². The van der Waals surface area contributed by atoms with Crippen LogP contribution in [0.2, 0.25) is 0 Å². The topological polar surface area (TPSA) is 0 Å². The standard InChI is InChI=1S/38CH4/h38*1H4. The molecule has 0 aromatic rings. The van der Waals surface area contributed by atoms with E-state index in [-0.39, 0.29) is 282 Å². The Morgan fingerprint density at radius 2 is 0.0263 bits per heavy atom. The van der Waals surface area contributed by atoms with Gasteiger partial charge in [-0.15, -0.1) is 0 Å². The van der Waals surface area contributed by atoms with Gasteiger partial charge in [-0.25, -0.2) is 0 Å². The fourth-order valence-corrected chi connectivity index (χ4v) is 0. The molecule has 0 spiro atoms. The van der Waals surface area contributed by atoms with Crippen molar-refractivity contribution in [2.45, 2.75) is 282 Å². The molecule has 0 nitrogen and oxygen atoms in total. The monoisotopic (exact) mass is 609 g/mol. The van der Waals surface area contributed by atoms with Crippen LogP contribution in [0, 0.1) is 0 Å². The van der Waals surface area contributed by atoms with Crippen molar-refractivity contribution in [2.75, 3.05) is 0 Å². The highest BCUT2D eigenvalue weighted by atomic mass is 12.0. The van der Waals surface area contributed by atoms with E-state index in [9.17, 15) is 0 Å². The van der Waals surface area contributed by atoms with Crippen LogP contribution in [0.1, 0.15) is 282 Å². The van der Waals surface area contributed by atoms with Crippen molar-refractivity contribution in [3.63, 3.8) is 0 Å². The van der Waals surface area contributed by atoms with Gasteiger partial charge in [0.2, 0.25) is 0 Å². The molecular formula is C38H152. The van der Waals surface area contributed by atoms with Gasteiger partial charge in [0.05, 0.1) is 0 Å². The zero-order valence-electron chi connectivity index (χ0n) is 0. The maximum atomic E-state index is 0. The molecule has 0 radical (unpaired) electrons. The largest absolute Gasteiger partial charge is 0.0776 e. The molecule has 0 N–H and O–H groups in total. The average molecular weight is 610 g/mol. The van der Waals surface area contributed by atoms with Crippen molar-refractivity contribution in [1.29, 1.82) is 0 Å². The summed E-state index contributed by atoms with van der Waals surface area (Å²) in [6.45, 7) is 0. The van der Waals surface area contributed by atoms with Crippen molar-refractivity contribution in [1.82, 2.24) is 0 Å². The first-order valence-electron chi connectivity index (χ1n) is 0. The Labute approximate surface area is 281 Å². The minimum atomic E-state index is 0. The molecule has 0 aliphatic carbocycles. The van der Waals surface area contributed by atoms with Crippen LogP contribution in [0.15, 0.2) is 0 Å². The molecule has 0 atom stereocenters. The van der Waals surface area contributed by atoms with Gasteiger partial charge in [0.1, 0.15) is 0 Å². The van der Waals surface area contributed by atoms with Crippen molar-refractivity contribution in [3.05, 3.63) is 0 Å². The van der Waals surface area contributed by atoms with E-state index in [2.05, 4.69) is 0 Å². The molecule has 38 heavy (non-hydrogen) atoms. The molecule has 0 aliphatic heterocycles. The van der Waals surface area contributed by atoms with Crippen molar-refractivity contribution in [2.24, 2.45) is 0 Å². The van der Waals surface area contributed by atoms with Crippen LogP contribution in [0.5, 0.6) is 0 Å². The molecule has 0 saturated heterocycles. The predicted molar refractivity (Wildman–Crippen MR) is 256 cm³/mol. The Bertz CT molecular complexity index is 0. The van der Waals surface area contributed by atoms with Gasteiger partial charge >= 0.3 is 0 Å². The summed E-state index contributed by atoms with van der Waals surface area (Å²) in [4.78, 5) is 0. The molecule has 0 aromatic carbocycles. The van der Waals surface area contributed by atoms with Gasteiger partial charge in [0, 0.05) is 0 Å². The second-order valence-electron chi connectivity index (χ2n) is 0. The quantitative estimate of drug-likeness (QED) is 0.256. The Kier molecular flexibility index (Phi) is 0. The summed E-state index contributed by atoms with van der Waals surface area (Å²) < 4.78 is 0.